The third-order valence-corrected chi connectivity index (χ3v) is 2.86. The van der Waals surface area contributed by atoms with Crippen LogP contribution in [0.2, 0.25) is 0 Å². The molecule has 4 heteroatoms. The van der Waals surface area contributed by atoms with Crippen LogP contribution in [0.15, 0.2) is 22.7 Å². The molecule has 1 unspecified atom stereocenters. The number of carbonyl (C=O) groups excluding carboxylic acids is 1. The molecule has 0 N–H and O–H groups in total. The number of halogens is 2. The SMILES string of the molecule is [2H]C1(Br)OC(=O)c2c(Br)cccc21. The lowest BCUT2D eigenvalue weighted by atomic mass is 10.1. The molecule has 0 bridgehead atoms. The van der Waals surface area contributed by atoms with Gasteiger partial charge in [-0.15, -0.1) is 0 Å². The highest BCUT2D eigenvalue weighted by Crippen LogP contribution is 2.38. The lowest BCUT2D eigenvalue weighted by molar-refractivity contribution is 0.0529. The van der Waals surface area contributed by atoms with E-state index in [1.165, 1.54) is 0 Å². The Hall–Kier alpha value is -0.350. The Bertz CT molecular complexity index is 390. The molecule has 0 aliphatic carbocycles. The predicted octanol–water partition coefficient (Wildman–Crippen LogP) is 3.01. The Morgan fingerprint density at radius 2 is 2.33 bits per heavy atom. The number of ether oxygens (including phenoxy) is 1. The molecule has 1 heterocycles. The van der Waals surface area contributed by atoms with E-state index in [1.54, 1.807) is 18.2 Å². The van der Waals surface area contributed by atoms with Gasteiger partial charge >= 0.3 is 5.97 Å². The molecule has 1 aliphatic rings. The summed E-state index contributed by atoms with van der Waals surface area (Å²) < 4.78 is 13.1. The Balaban J connectivity index is 2.72. The Morgan fingerprint density at radius 3 is 3.00 bits per heavy atom. The summed E-state index contributed by atoms with van der Waals surface area (Å²) in [6, 6.07) is 5.19. The first-order valence-corrected chi connectivity index (χ1v) is 4.82. The molecule has 0 saturated heterocycles. The lowest BCUT2D eigenvalue weighted by Crippen LogP contribution is -1.94. The van der Waals surface area contributed by atoms with Crippen molar-refractivity contribution in [2.24, 2.45) is 0 Å². The largest absolute Gasteiger partial charge is 0.442 e. The van der Waals surface area contributed by atoms with Crippen molar-refractivity contribution >= 4 is 37.8 Å². The number of carbonyl (C=O) groups is 1. The van der Waals surface area contributed by atoms with Crippen molar-refractivity contribution in [2.75, 3.05) is 0 Å². The molecule has 1 aliphatic heterocycles. The summed E-state index contributed by atoms with van der Waals surface area (Å²) in [5, 5.41) is 0. The summed E-state index contributed by atoms with van der Waals surface area (Å²) >= 11 is 6.25. The zero-order valence-electron chi connectivity index (χ0n) is 6.80. The van der Waals surface area contributed by atoms with E-state index in [-0.39, 0.29) is 0 Å². The first-order chi connectivity index (χ1) is 6.02. The van der Waals surface area contributed by atoms with Crippen LogP contribution in [0.4, 0.5) is 0 Å². The first-order valence-electron chi connectivity index (χ1n) is 3.73. The van der Waals surface area contributed by atoms with Gasteiger partial charge < -0.3 is 4.74 Å². The van der Waals surface area contributed by atoms with Gasteiger partial charge in [-0.2, -0.15) is 0 Å². The fourth-order valence-corrected chi connectivity index (χ4v) is 2.09. The molecule has 0 saturated carbocycles. The minimum atomic E-state index is -1.43. The van der Waals surface area contributed by atoms with Crippen molar-refractivity contribution in [3.8, 4) is 0 Å². The summed E-state index contributed by atoms with van der Waals surface area (Å²) in [6.07, 6.45) is 0. The summed E-state index contributed by atoms with van der Waals surface area (Å²) in [6.45, 7) is 0. The summed E-state index contributed by atoms with van der Waals surface area (Å²) in [4.78, 5) is 9.87. The number of fused-ring (bicyclic) bond motifs is 1. The molecule has 1 atom stereocenters. The van der Waals surface area contributed by atoms with Crippen LogP contribution in [0.1, 0.15) is 22.3 Å². The van der Waals surface area contributed by atoms with Crippen LogP contribution in [0, 0.1) is 0 Å². The van der Waals surface area contributed by atoms with Gasteiger partial charge in [0.05, 0.1) is 6.93 Å². The van der Waals surface area contributed by atoms with Gasteiger partial charge in [-0.25, -0.2) is 4.79 Å². The van der Waals surface area contributed by atoms with Gasteiger partial charge in [-0.05, 0) is 37.9 Å². The molecular weight excluding hydrogens is 288 g/mol. The molecular formula is C8H4Br2O2. The van der Waals surface area contributed by atoms with Crippen LogP contribution >= 0.6 is 31.9 Å². The average molecular weight is 293 g/mol. The fourth-order valence-electron chi connectivity index (χ4n) is 1.08. The number of rotatable bonds is 0. The zero-order chi connectivity index (χ0) is 9.64. The second-order valence-electron chi connectivity index (χ2n) is 2.33. The standard InChI is InChI=1S/C8H4Br2O2/c9-5-3-1-2-4-6(5)8(11)12-7(4)10/h1-3,7H/i7D. The number of cyclic esters (lactones) is 1. The van der Waals surface area contributed by atoms with Gasteiger partial charge in [0.1, 0.15) is 0 Å². The number of benzene rings is 1. The van der Waals surface area contributed by atoms with Gasteiger partial charge in [-0.3, -0.25) is 0 Å². The Morgan fingerprint density at radius 1 is 1.58 bits per heavy atom. The van der Waals surface area contributed by atoms with E-state index in [2.05, 4.69) is 31.9 Å². The summed E-state index contributed by atoms with van der Waals surface area (Å²) in [5.74, 6) is -0.477. The minimum Gasteiger partial charge on any atom is -0.442 e. The first kappa shape index (κ1) is 7.09. The van der Waals surface area contributed by atoms with Gasteiger partial charge in [0.25, 0.3) is 0 Å². The molecule has 0 spiro atoms. The smallest absolute Gasteiger partial charge is 0.341 e. The van der Waals surface area contributed by atoms with Crippen LogP contribution in [0.5, 0.6) is 0 Å². The number of esters is 1. The number of alkyl halides is 1. The zero-order valence-corrected chi connectivity index (χ0v) is 8.98. The second-order valence-corrected chi connectivity index (χ2v) is 3.90. The normalized spacial score (nSPS) is 27.8. The van der Waals surface area contributed by atoms with Crippen LogP contribution in [-0.2, 0) is 4.74 Å². The number of hydrogen-bond donors (Lipinski definition) is 0. The van der Waals surface area contributed by atoms with Gasteiger partial charge in [0.2, 0.25) is 0 Å². The highest BCUT2D eigenvalue weighted by molar-refractivity contribution is 9.10. The predicted molar refractivity (Wildman–Crippen MR) is 51.2 cm³/mol. The van der Waals surface area contributed by atoms with E-state index < -0.39 is 11.0 Å². The van der Waals surface area contributed by atoms with Crippen LogP contribution in [0.3, 0.4) is 0 Å². The van der Waals surface area contributed by atoms with Gasteiger partial charge in [0, 0.05) is 10.0 Å². The van der Waals surface area contributed by atoms with E-state index in [9.17, 15) is 4.79 Å². The summed E-state index contributed by atoms with van der Waals surface area (Å²) in [5.41, 5.74) is 0.959. The Labute approximate surface area is 87.6 Å². The molecule has 1 aromatic rings. The van der Waals surface area contributed by atoms with Crippen molar-refractivity contribution in [2.45, 2.75) is 4.99 Å². The highest BCUT2D eigenvalue weighted by Gasteiger charge is 2.30. The average Bonchev–Trinajstić information content (AvgIpc) is 2.24. The molecule has 0 radical (unpaired) electrons. The van der Waals surface area contributed by atoms with Crippen molar-refractivity contribution in [1.82, 2.24) is 0 Å². The van der Waals surface area contributed by atoms with E-state index >= 15 is 0 Å². The third-order valence-electron chi connectivity index (χ3n) is 1.61. The molecule has 2 rings (SSSR count). The van der Waals surface area contributed by atoms with Crippen molar-refractivity contribution < 1.29 is 10.9 Å². The molecule has 0 amide bonds. The van der Waals surface area contributed by atoms with Gasteiger partial charge in [-0.1, -0.05) is 12.1 Å². The lowest BCUT2D eigenvalue weighted by Gasteiger charge is -1.98. The van der Waals surface area contributed by atoms with Crippen molar-refractivity contribution in [3.63, 3.8) is 0 Å². The van der Waals surface area contributed by atoms with E-state index in [4.69, 9.17) is 6.11 Å². The molecule has 12 heavy (non-hydrogen) atoms. The van der Waals surface area contributed by atoms with Crippen molar-refractivity contribution in [1.29, 1.82) is 0 Å². The van der Waals surface area contributed by atoms with Crippen LogP contribution < -0.4 is 0 Å². The highest BCUT2D eigenvalue weighted by atomic mass is 79.9. The second kappa shape index (κ2) is 2.85. The van der Waals surface area contributed by atoms with Gasteiger partial charge in [0.15, 0.2) is 4.99 Å². The third kappa shape index (κ3) is 1.10. The molecule has 0 aromatic heterocycles. The quantitative estimate of drug-likeness (QED) is 0.543. The number of hydrogen-bond acceptors (Lipinski definition) is 2. The molecule has 0 fully saturated rings. The summed E-state index contributed by atoms with van der Waals surface area (Å²) in [7, 11) is 0. The molecule has 2 nitrogen and oxygen atoms in total. The van der Waals surface area contributed by atoms with E-state index in [1.807, 2.05) is 0 Å². The maximum Gasteiger partial charge on any atom is 0.341 e. The molecule has 1 aromatic carbocycles. The maximum absolute atomic E-state index is 11.3. The Kier molecular flexibility index (Phi) is 1.69. The minimum absolute atomic E-state index is 0.425. The van der Waals surface area contributed by atoms with Crippen molar-refractivity contribution in [3.05, 3.63) is 33.8 Å². The van der Waals surface area contributed by atoms with E-state index in [0.29, 0.717) is 15.6 Å². The maximum atomic E-state index is 11.3. The molecule has 62 valence electrons. The van der Waals surface area contributed by atoms with E-state index in [0.717, 1.165) is 0 Å². The monoisotopic (exact) mass is 291 g/mol. The van der Waals surface area contributed by atoms with Crippen LogP contribution in [-0.4, -0.2) is 5.97 Å². The topological polar surface area (TPSA) is 26.3 Å². The fraction of sp³-hybridized carbons (Fsp3) is 0.125. The van der Waals surface area contributed by atoms with Crippen LogP contribution in [0.25, 0.3) is 0 Å².